The van der Waals surface area contributed by atoms with Gasteiger partial charge in [-0.3, -0.25) is 0 Å². The molecule has 434 valence electrons. The molecule has 0 radical (unpaired) electrons. The van der Waals surface area contributed by atoms with Crippen molar-refractivity contribution in [3.63, 3.8) is 0 Å². The summed E-state index contributed by atoms with van der Waals surface area (Å²) in [7, 11) is 0. The zero-order valence-electron chi connectivity index (χ0n) is 51.4. The predicted octanol–water partition coefficient (Wildman–Crippen LogP) is 22.9. The van der Waals surface area contributed by atoms with Crippen molar-refractivity contribution in [3.8, 4) is 112 Å². The number of hydrogen-bond donors (Lipinski definition) is 0. The Bertz CT molecular complexity index is 5370. The maximum Gasteiger partial charge on any atom is 0.187 e. The van der Waals surface area contributed by atoms with Gasteiger partial charge in [0, 0.05) is 43.8 Å². The van der Waals surface area contributed by atoms with Gasteiger partial charge >= 0.3 is 0 Å². The molecule has 0 atom stereocenters. The first-order chi connectivity index (χ1) is 45.1. The number of nitrogens with zero attached hydrogens (tertiary/aromatic N) is 6. The highest BCUT2D eigenvalue weighted by atomic mass is 15.1. The largest absolute Gasteiger partial charge is 0.309 e. The third-order valence-electron chi connectivity index (χ3n) is 18.0. The fourth-order valence-electron chi connectivity index (χ4n) is 13.5. The van der Waals surface area contributed by atoms with Gasteiger partial charge in [0.2, 0.25) is 0 Å². The van der Waals surface area contributed by atoms with Crippen LogP contribution in [-0.4, -0.2) is 24.1 Å². The molecule has 16 rings (SSSR count). The summed E-state index contributed by atoms with van der Waals surface area (Å²) >= 11 is 0. The first-order valence-electron chi connectivity index (χ1n) is 31.2. The fourth-order valence-corrected chi connectivity index (χ4v) is 13.5. The van der Waals surface area contributed by atoms with E-state index < -0.39 is 0 Å². The summed E-state index contributed by atoms with van der Waals surface area (Å²) in [4.78, 5) is 20.1. The van der Waals surface area contributed by atoms with Gasteiger partial charge in [-0.1, -0.05) is 241 Å². The summed E-state index contributed by atoms with van der Waals surface area (Å²) < 4.78 is 4.87. The van der Waals surface area contributed by atoms with Gasteiger partial charge in [0.15, 0.2) is 23.2 Å². The summed E-state index contributed by atoms with van der Waals surface area (Å²) in [5.74, 6) is 1.68. The van der Waals surface area contributed by atoms with Crippen LogP contribution in [0, 0.1) is 34.3 Å². The molecule has 0 bridgehead atoms. The highest BCUT2D eigenvalue weighted by Gasteiger charge is 2.25. The van der Waals surface area contributed by atoms with E-state index in [-0.39, 0.29) is 0 Å². The zero-order valence-corrected chi connectivity index (χ0v) is 51.4. The van der Waals surface area contributed by atoms with Crippen molar-refractivity contribution in [1.82, 2.24) is 24.1 Å². The highest BCUT2D eigenvalue weighted by molar-refractivity contribution is 6.14. The molecule has 0 spiro atoms. The fraction of sp³-hybridized carbons (Fsp3) is 0.0465. The SMILES string of the molecule is [C-]#[N+]c1ccc(-c2ccc(-n3c4ccc(-c5cccc(C)c5)cc4c4cc(-c5cccc(C)c5)ccc43)c(-c3ccc(-n4c5ccc(-c6cccc(C)c6)cc5c5cc(-c6cccc(C)c6)ccc54)c(-c4nc(-c5ccccc5)nc(-c5ccccc5)n4)c3)c2)cc1. The molecular formula is C86H60N6. The van der Waals surface area contributed by atoms with Crippen molar-refractivity contribution in [2.45, 2.75) is 27.7 Å². The Morgan fingerprint density at radius 2 is 0.554 bits per heavy atom. The van der Waals surface area contributed by atoms with Gasteiger partial charge < -0.3 is 9.13 Å². The van der Waals surface area contributed by atoms with E-state index in [1.54, 1.807) is 0 Å². The highest BCUT2D eigenvalue weighted by Crippen LogP contribution is 2.45. The normalized spacial score (nSPS) is 11.5. The van der Waals surface area contributed by atoms with Crippen LogP contribution < -0.4 is 0 Å². The summed E-state index contributed by atoms with van der Waals surface area (Å²) in [6.07, 6.45) is 0. The summed E-state index contributed by atoms with van der Waals surface area (Å²) in [5, 5.41) is 4.58. The number of benzene rings is 13. The van der Waals surface area contributed by atoms with E-state index in [0.717, 1.165) is 116 Å². The maximum atomic E-state index is 7.83. The van der Waals surface area contributed by atoms with E-state index in [9.17, 15) is 0 Å². The van der Waals surface area contributed by atoms with Crippen LogP contribution in [0.15, 0.2) is 291 Å². The topological polar surface area (TPSA) is 52.9 Å². The van der Waals surface area contributed by atoms with Gasteiger partial charge in [0.1, 0.15) is 0 Å². The number of hydrogen-bond acceptors (Lipinski definition) is 3. The number of rotatable bonds is 11. The van der Waals surface area contributed by atoms with E-state index in [4.69, 9.17) is 21.5 Å². The standard InChI is InChI=1S/C86H60N6/c1-54-16-12-24-61(44-54)66-31-39-79-73(49-66)74-50-67(62-25-13-17-55(2)45-62)32-40-80(74)91(79)78-38-30-65(58-28-36-71(87-5)37-29-58)48-72(78)70-35-43-83(77(53-70)86-89-84(59-20-8-6-9-21-59)88-85(90-86)60-22-10-7-11-23-60)92-81-41-33-68(63-26-14-18-56(3)46-63)51-75(81)76-52-69(34-42-82(76)92)64-27-15-19-57(4)47-64/h6-53H,1-4H3. The molecule has 0 aliphatic carbocycles. The van der Waals surface area contributed by atoms with Gasteiger partial charge in [-0.2, -0.15) is 0 Å². The average molecular weight is 1180 g/mol. The van der Waals surface area contributed by atoms with Crippen LogP contribution in [0.2, 0.25) is 0 Å². The molecule has 0 saturated carbocycles. The van der Waals surface area contributed by atoms with Crippen molar-refractivity contribution in [2.24, 2.45) is 0 Å². The Morgan fingerprint density at radius 3 is 0.935 bits per heavy atom. The number of fused-ring (bicyclic) bond motifs is 6. The van der Waals surface area contributed by atoms with E-state index in [0.29, 0.717) is 23.2 Å². The number of aryl methyl sites for hydroxylation is 4. The molecular weight excluding hydrogens is 1120 g/mol. The zero-order chi connectivity index (χ0) is 62.0. The maximum absolute atomic E-state index is 7.83. The minimum absolute atomic E-state index is 0.536. The van der Waals surface area contributed by atoms with E-state index in [1.807, 2.05) is 48.5 Å². The smallest absolute Gasteiger partial charge is 0.187 e. The van der Waals surface area contributed by atoms with Crippen molar-refractivity contribution in [1.29, 1.82) is 0 Å². The van der Waals surface area contributed by atoms with Crippen LogP contribution in [0.3, 0.4) is 0 Å². The Kier molecular flexibility index (Phi) is 13.7. The van der Waals surface area contributed by atoms with E-state index in [1.165, 1.54) is 44.5 Å². The molecule has 13 aromatic carbocycles. The van der Waals surface area contributed by atoms with Crippen molar-refractivity contribution in [3.05, 3.63) is 325 Å². The minimum atomic E-state index is 0.536. The van der Waals surface area contributed by atoms with Gasteiger partial charge in [-0.05, 0) is 162 Å². The van der Waals surface area contributed by atoms with Gasteiger partial charge in [-0.15, -0.1) is 0 Å². The molecule has 0 amide bonds. The average Bonchev–Trinajstić information content (AvgIpc) is 1.56. The minimum Gasteiger partial charge on any atom is -0.309 e. The Hall–Kier alpha value is -12.0. The third kappa shape index (κ3) is 10.1. The molecule has 3 heterocycles. The lowest BCUT2D eigenvalue weighted by molar-refractivity contribution is 1.06. The molecule has 6 heteroatoms. The monoisotopic (exact) mass is 1180 g/mol. The summed E-state index contributed by atoms with van der Waals surface area (Å²) in [5.41, 5.74) is 27.5. The van der Waals surface area contributed by atoms with Crippen LogP contribution in [-0.2, 0) is 0 Å². The van der Waals surface area contributed by atoms with E-state index >= 15 is 0 Å². The first kappa shape index (κ1) is 55.3. The molecule has 3 aromatic heterocycles. The quantitative estimate of drug-likeness (QED) is 0.121. The lowest BCUT2D eigenvalue weighted by Crippen LogP contribution is -2.04. The molecule has 0 aliphatic heterocycles. The van der Waals surface area contributed by atoms with Crippen LogP contribution in [0.25, 0.3) is 161 Å². The second-order valence-corrected chi connectivity index (χ2v) is 24.2. The Morgan fingerprint density at radius 1 is 0.250 bits per heavy atom. The third-order valence-corrected chi connectivity index (χ3v) is 18.0. The van der Waals surface area contributed by atoms with Crippen molar-refractivity contribution in [2.75, 3.05) is 0 Å². The number of aromatic nitrogens is 5. The van der Waals surface area contributed by atoms with Crippen molar-refractivity contribution >= 4 is 49.3 Å². The lowest BCUT2D eigenvalue weighted by Gasteiger charge is -2.19. The van der Waals surface area contributed by atoms with Crippen LogP contribution in [0.5, 0.6) is 0 Å². The van der Waals surface area contributed by atoms with Crippen LogP contribution in [0.1, 0.15) is 22.3 Å². The van der Waals surface area contributed by atoms with E-state index in [2.05, 4.69) is 284 Å². The molecule has 0 aliphatic rings. The van der Waals surface area contributed by atoms with Gasteiger partial charge in [0.25, 0.3) is 0 Å². The Labute approximate surface area is 535 Å². The molecule has 16 aromatic rings. The molecule has 6 nitrogen and oxygen atoms in total. The summed E-state index contributed by atoms with van der Waals surface area (Å²) in [6.45, 7) is 16.5. The molecule has 0 N–H and O–H groups in total. The molecule has 0 saturated heterocycles. The van der Waals surface area contributed by atoms with Gasteiger partial charge in [-0.25, -0.2) is 19.8 Å². The molecule has 0 fully saturated rings. The first-order valence-corrected chi connectivity index (χ1v) is 31.2. The van der Waals surface area contributed by atoms with Crippen LogP contribution >= 0.6 is 0 Å². The lowest BCUT2D eigenvalue weighted by atomic mass is 9.95. The van der Waals surface area contributed by atoms with Gasteiger partial charge in [0.05, 0.1) is 40.0 Å². The molecule has 92 heavy (non-hydrogen) atoms. The molecule has 0 unspecified atom stereocenters. The second-order valence-electron chi connectivity index (χ2n) is 24.2. The van der Waals surface area contributed by atoms with Crippen molar-refractivity contribution < 1.29 is 0 Å². The Balaban J connectivity index is 0.995. The second kappa shape index (κ2) is 22.8. The van der Waals surface area contributed by atoms with Crippen LogP contribution in [0.4, 0.5) is 5.69 Å². The predicted molar refractivity (Wildman–Crippen MR) is 383 cm³/mol. The summed E-state index contributed by atoms with van der Waals surface area (Å²) in [6, 6.07) is 105.